The third-order valence-corrected chi connectivity index (χ3v) is 3.55. The van der Waals surface area contributed by atoms with Gasteiger partial charge in [0.1, 0.15) is 17.6 Å². The van der Waals surface area contributed by atoms with Crippen molar-refractivity contribution in [1.82, 2.24) is 0 Å². The fraction of sp³-hybridized carbons (Fsp3) is 0.0625. The topological polar surface area (TPSA) is 50.4 Å². The molecule has 0 aliphatic heterocycles. The van der Waals surface area contributed by atoms with Crippen molar-refractivity contribution in [1.29, 1.82) is 0 Å². The Bertz CT molecular complexity index is 865. The molecule has 0 bridgehead atoms. The summed E-state index contributed by atoms with van der Waals surface area (Å²) in [5, 5.41) is 9.95. The van der Waals surface area contributed by atoms with E-state index in [0.717, 1.165) is 11.1 Å². The predicted molar refractivity (Wildman–Crippen MR) is 79.3 cm³/mol. The third kappa shape index (κ3) is 1.96. The normalized spacial score (nSPS) is 10.9. The van der Waals surface area contributed by atoms with Gasteiger partial charge in [0, 0.05) is 6.07 Å². The summed E-state index contributed by atoms with van der Waals surface area (Å²) in [4.78, 5) is 12.6. The number of fused-ring (bicyclic) bond motifs is 1. The zero-order valence-electron chi connectivity index (χ0n) is 10.7. The maximum Gasteiger partial charge on any atom is 0.202 e. The Hall–Kier alpha value is -2.26. The van der Waals surface area contributed by atoms with Gasteiger partial charge in [0.2, 0.25) is 5.43 Å². The molecule has 3 nitrogen and oxygen atoms in total. The first kappa shape index (κ1) is 12.8. The van der Waals surface area contributed by atoms with Gasteiger partial charge in [-0.2, -0.15) is 0 Å². The fourth-order valence-electron chi connectivity index (χ4n) is 2.25. The van der Waals surface area contributed by atoms with Crippen LogP contribution in [-0.4, -0.2) is 5.11 Å². The Kier molecular flexibility index (Phi) is 2.99. The molecule has 0 saturated carbocycles. The van der Waals surface area contributed by atoms with Gasteiger partial charge in [0.25, 0.3) is 0 Å². The first-order valence-corrected chi connectivity index (χ1v) is 6.46. The molecule has 20 heavy (non-hydrogen) atoms. The van der Waals surface area contributed by atoms with Crippen LogP contribution in [0.2, 0.25) is 5.02 Å². The van der Waals surface area contributed by atoms with Crippen LogP contribution >= 0.6 is 11.6 Å². The van der Waals surface area contributed by atoms with Gasteiger partial charge in [-0.05, 0) is 24.1 Å². The van der Waals surface area contributed by atoms with Gasteiger partial charge < -0.3 is 9.52 Å². The Morgan fingerprint density at radius 2 is 1.90 bits per heavy atom. The summed E-state index contributed by atoms with van der Waals surface area (Å²) in [6.45, 7) is 1.93. The average Bonchev–Trinajstić information content (AvgIpc) is 2.39. The van der Waals surface area contributed by atoms with Gasteiger partial charge in [0.15, 0.2) is 0 Å². The Labute approximate surface area is 120 Å². The van der Waals surface area contributed by atoms with Crippen molar-refractivity contribution in [3.05, 3.63) is 63.5 Å². The van der Waals surface area contributed by atoms with Gasteiger partial charge in [-0.3, -0.25) is 4.79 Å². The van der Waals surface area contributed by atoms with Crippen LogP contribution < -0.4 is 5.43 Å². The monoisotopic (exact) mass is 286 g/mol. The van der Waals surface area contributed by atoms with Crippen LogP contribution in [-0.2, 0) is 0 Å². The molecule has 100 valence electrons. The maximum absolute atomic E-state index is 12.6. The van der Waals surface area contributed by atoms with Crippen LogP contribution in [0.3, 0.4) is 0 Å². The predicted octanol–water partition coefficient (Wildman–Crippen LogP) is 4.13. The van der Waals surface area contributed by atoms with E-state index in [1.807, 2.05) is 31.2 Å². The van der Waals surface area contributed by atoms with Gasteiger partial charge in [0.05, 0.1) is 16.0 Å². The van der Waals surface area contributed by atoms with Crippen molar-refractivity contribution in [2.24, 2.45) is 0 Å². The molecule has 0 fully saturated rings. The molecule has 0 unspecified atom stereocenters. The zero-order chi connectivity index (χ0) is 14.3. The lowest BCUT2D eigenvalue weighted by atomic mass is 10.0. The van der Waals surface area contributed by atoms with Crippen LogP contribution in [0.4, 0.5) is 0 Å². The lowest BCUT2D eigenvalue weighted by Crippen LogP contribution is -2.06. The molecule has 0 atom stereocenters. The van der Waals surface area contributed by atoms with E-state index in [-0.39, 0.29) is 27.2 Å². The van der Waals surface area contributed by atoms with E-state index in [9.17, 15) is 9.90 Å². The molecule has 3 aromatic rings. The third-order valence-electron chi connectivity index (χ3n) is 3.25. The minimum Gasteiger partial charge on any atom is -0.508 e. The van der Waals surface area contributed by atoms with E-state index in [1.165, 1.54) is 18.4 Å². The maximum atomic E-state index is 12.6. The van der Waals surface area contributed by atoms with E-state index >= 15 is 0 Å². The lowest BCUT2D eigenvalue weighted by Gasteiger charge is -2.07. The molecule has 3 rings (SSSR count). The molecule has 0 aliphatic rings. The SMILES string of the molecule is Cc1ccccc1-c1coc2cc(O)cc(Cl)c2c1=O. The molecular formula is C16H11ClO3. The molecule has 1 heterocycles. The molecule has 0 spiro atoms. The second kappa shape index (κ2) is 4.69. The van der Waals surface area contributed by atoms with Gasteiger partial charge in [-0.15, -0.1) is 0 Å². The number of hydrogen-bond acceptors (Lipinski definition) is 3. The van der Waals surface area contributed by atoms with Gasteiger partial charge in [-0.1, -0.05) is 35.9 Å². The smallest absolute Gasteiger partial charge is 0.202 e. The van der Waals surface area contributed by atoms with Crippen LogP contribution in [0, 0.1) is 6.92 Å². The number of halogens is 1. The molecule has 0 aliphatic carbocycles. The molecule has 0 radical (unpaired) electrons. The van der Waals surface area contributed by atoms with Crippen molar-refractivity contribution in [3.63, 3.8) is 0 Å². The molecule has 4 heteroatoms. The van der Waals surface area contributed by atoms with Crippen LogP contribution in [0.25, 0.3) is 22.1 Å². The molecule has 1 aromatic heterocycles. The van der Waals surface area contributed by atoms with Crippen LogP contribution in [0.1, 0.15) is 5.56 Å². The van der Waals surface area contributed by atoms with Gasteiger partial charge >= 0.3 is 0 Å². The highest BCUT2D eigenvalue weighted by atomic mass is 35.5. The number of aromatic hydroxyl groups is 1. The largest absolute Gasteiger partial charge is 0.508 e. The van der Waals surface area contributed by atoms with E-state index in [4.69, 9.17) is 16.0 Å². The highest BCUT2D eigenvalue weighted by Crippen LogP contribution is 2.29. The number of rotatable bonds is 1. The summed E-state index contributed by atoms with van der Waals surface area (Å²) in [5.41, 5.74) is 2.33. The number of hydrogen-bond donors (Lipinski definition) is 1. The molecule has 1 N–H and O–H groups in total. The van der Waals surface area contributed by atoms with Crippen LogP contribution in [0.15, 0.2) is 51.9 Å². The van der Waals surface area contributed by atoms with Crippen molar-refractivity contribution >= 4 is 22.6 Å². The highest BCUT2D eigenvalue weighted by molar-refractivity contribution is 6.35. The Morgan fingerprint density at radius 1 is 1.15 bits per heavy atom. The van der Waals surface area contributed by atoms with Crippen molar-refractivity contribution < 1.29 is 9.52 Å². The van der Waals surface area contributed by atoms with Crippen molar-refractivity contribution in [2.45, 2.75) is 6.92 Å². The Morgan fingerprint density at radius 3 is 2.65 bits per heavy atom. The van der Waals surface area contributed by atoms with Gasteiger partial charge in [-0.25, -0.2) is 0 Å². The quantitative estimate of drug-likeness (QED) is 0.732. The molecule has 2 aromatic carbocycles. The van der Waals surface area contributed by atoms with Crippen LogP contribution in [0.5, 0.6) is 5.75 Å². The summed E-state index contributed by atoms with van der Waals surface area (Å²) in [5.74, 6) is -0.0331. The number of aryl methyl sites for hydroxylation is 1. The van der Waals surface area contributed by atoms with Crippen molar-refractivity contribution in [3.8, 4) is 16.9 Å². The summed E-state index contributed by atoms with van der Waals surface area (Å²) in [7, 11) is 0. The minimum absolute atomic E-state index is 0.0331. The lowest BCUT2D eigenvalue weighted by molar-refractivity contribution is 0.474. The van der Waals surface area contributed by atoms with E-state index < -0.39 is 0 Å². The fourth-order valence-corrected chi connectivity index (χ4v) is 2.54. The zero-order valence-corrected chi connectivity index (χ0v) is 11.4. The highest BCUT2D eigenvalue weighted by Gasteiger charge is 2.14. The second-order valence-electron chi connectivity index (χ2n) is 4.59. The van der Waals surface area contributed by atoms with Crippen molar-refractivity contribution in [2.75, 3.05) is 0 Å². The average molecular weight is 287 g/mol. The van der Waals surface area contributed by atoms with E-state index in [0.29, 0.717) is 5.56 Å². The number of phenols is 1. The number of phenolic OH excluding ortho intramolecular Hbond substituents is 1. The standard InChI is InChI=1S/C16H11ClO3/c1-9-4-2-3-5-11(9)12-8-20-14-7-10(18)6-13(17)15(14)16(12)19/h2-8,18H,1H3. The summed E-state index contributed by atoms with van der Waals surface area (Å²) in [6, 6.07) is 10.3. The molecular weight excluding hydrogens is 276 g/mol. The second-order valence-corrected chi connectivity index (χ2v) is 5.00. The first-order chi connectivity index (χ1) is 9.58. The summed E-state index contributed by atoms with van der Waals surface area (Å²) in [6.07, 6.45) is 1.41. The molecule has 0 saturated heterocycles. The minimum atomic E-state index is -0.203. The van der Waals surface area contributed by atoms with E-state index in [2.05, 4.69) is 0 Å². The summed E-state index contributed by atoms with van der Waals surface area (Å²) < 4.78 is 5.45. The first-order valence-electron chi connectivity index (χ1n) is 6.08. The molecule has 0 amide bonds. The number of benzene rings is 2. The summed E-state index contributed by atoms with van der Waals surface area (Å²) >= 11 is 6.05. The Balaban J connectivity index is 2.38. The van der Waals surface area contributed by atoms with E-state index in [1.54, 1.807) is 0 Å².